The van der Waals surface area contributed by atoms with Gasteiger partial charge in [0.25, 0.3) is 5.91 Å². The molecule has 0 saturated carbocycles. The van der Waals surface area contributed by atoms with Crippen molar-refractivity contribution in [1.82, 2.24) is 9.78 Å². The Hall–Kier alpha value is -3.99. The molecule has 4 aromatic rings. The van der Waals surface area contributed by atoms with E-state index in [2.05, 4.69) is 10.4 Å². The van der Waals surface area contributed by atoms with E-state index in [1.807, 2.05) is 79.7 Å². The first-order valence-corrected chi connectivity index (χ1v) is 9.67. The van der Waals surface area contributed by atoms with E-state index in [4.69, 9.17) is 0 Å². The third-order valence-corrected chi connectivity index (χ3v) is 4.86. The van der Waals surface area contributed by atoms with Gasteiger partial charge < -0.3 is 5.32 Å². The molecule has 1 heterocycles. The standard InChI is InChI=1S/C25H21N3O2/c1-17-13-15-20(16-14-17)25(30)26-24-22(19-9-5-3-6-10-19)23(29)18(2)27-28(24)21-11-7-4-8-12-21/h3-16H,1-2H3,(H,26,30). The summed E-state index contributed by atoms with van der Waals surface area (Å²) in [6.45, 7) is 3.64. The summed E-state index contributed by atoms with van der Waals surface area (Å²) in [7, 11) is 0. The highest BCUT2D eigenvalue weighted by atomic mass is 16.2. The van der Waals surface area contributed by atoms with Gasteiger partial charge in [0.05, 0.1) is 11.3 Å². The maximum absolute atomic E-state index is 13.1. The van der Waals surface area contributed by atoms with Crippen molar-refractivity contribution in [1.29, 1.82) is 0 Å². The average molecular weight is 395 g/mol. The van der Waals surface area contributed by atoms with Crippen molar-refractivity contribution in [2.45, 2.75) is 13.8 Å². The summed E-state index contributed by atoms with van der Waals surface area (Å²) in [6, 6.07) is 26.1. The van der Waals surface area contributed by atoms with E-state index in [0.29, 0.717) is 22.6 Å². The number of carbonyl (C=O) groups is 1. The van der Waals surface area contributed by atoms with Gasteiger partial charge in [0.1, 0.15) is 11.5 Å². The number of carbonyl (C=O) groups excluding carboxylic acids is 1. The number of anilines is 1. The summed E-state index contributed by atoms with van der Waals surface area (Å²) in [5, 5.41) is 7.42. The van der Waals surface area contributed by atoms with Crippen LogP contribution in [0.4, 0.5) is 5.82 Å². The molecule has 0 unspecified atom stereocenters. The SMILES string of the molecule is Cc1ccc(C(=O)Nc2c(-c3ccccc3)c(=O)c(C)nn2-c2ccccc2)cc1. The van der Waals surface area contributed by atoms with Crippen LogP contribution in [0.15, 0.2) is 89.7 Å². The van der Waals surface area contributed by atoms with Crippen LogP contribution in [-0.4, -0.2) is 15.7 Å². The third-order valence-electron chi connectivity index (χ3n) is 4.86. The van der Waals surface area contributed by atoms with Crippen LogP contribution in [0.1, 0.15) is 21.6 Å². The molecule has 5 heteroatoms. The molecule has 0 spiro atoms. The third kappa shape index (κ3) is 3.78. The molecule has 4 rings (SSSR count). The first-order chi connectivity index (χ1) is 14.5. The number of aromatic nitrogens is 2. The van der Waals surface area contributed by atoms with E-state index >= 15 is 0 Å². The first-order valence-electron chi connectivity index (χ1n) is 9.67. The van der Waals surface area contributed by atoms with Crippen molar-refractivity contribution >= 4 is 11.7 Å². The van der Waals surface area contributed by atoms with Crippen LogP contribution in [-0.2, 0) is 0 Å². The van der Waals surface area contributed by atoms with Crippen molar-refractivity contribution < 1.29 is 4.79 Å². The first kappa shape index (κ1) is 19.3. The number of benzene rings is 3. The number of amides is 1. The van der Waals surface area contributed by atoms with E-state index in [-0.39, 0.29) is 11.3 Å². The zero-order chi connectivity index (χ0) is 21.1. The molecule has 30 heavy (non-hydrogen) atoms. The van der Waals surface area contributed by atoms with Crippen LogP contribution in [0.5, 0.6) is 0 Å². The molecule has 148 valence electrons. The Labute approximate surface area is 174 Å². The second-order valence-electron chi connectivity index (χ2n) is 7.07. The Morgan fingerprint density at radius 1 is 0.833 bits per heavy atom. The lowest BCUT2D eigenvalue weighted by Crippen LogP contribution is -2.24. The Morgan fingerprint density at radius 3 is 2.07 bits per heavy atom. The Morgan fingerprint density at radius 2 is 1.43 bits per heavy atom. The van der Waals surface area contributed by atoms with Gasteiger partial charge in [-0.3, -0.25) is 9.59 Å². The van der Waals surface area contributed by atoms with E-state index in [0.717, 1.165) is 16.8 Å². The molecule has 0 bridgehead atoms. The molecule has 1 aromatic heterocycles. The molecule has 1 amide bonds. The number of hydrogen-bond acceptors (Lipinski definition) is 3. The maximum Gasteiger partial charge on any atom is 0.256 e. The Balaban J connectivity index is 1.94. The van der Waals surface area contributed by atoms with Crippen molar-refractivity contribution in [2.24, 2.45) is 0 Å². The zero-order valence-electron chi connectivity index (χ0n) is 16.8. The summed E-state index contributed by atoms with van der Waals surface area (Å²) in [5.41, 5.74) is 3.59. The van der Waals surface area contributed by atoms with Crippen LogP contribution in [0.3, 0.4) is 0 Å². The number of rotatable bonds is 4. The van der Waals surface area contributed by atoms with E-state index < -0.39 is 0 Å². The van der Waals surface area contributed by atoms with Gasteiger partial charge in [-0.1, -0.05) is 66.2 Å². The second-order valence-corrected chi connectivity index (χ2v) is 7.07. The van der Waals surface area contributed by atoms with E-state index in [1.165, 1.54) is 0 Å². The highest BCUT2D eigenvalue weighted by Crippen LogP contribution is 2.27. The maximum atomic E-state index is 13.1. The zero-order valence-corrected chi connectivity index (χ0v) is 16.8. The summed E-state index contributed by atoms with van der Waals surface area (Å²) in [6.07, 6.45) is 0. The largest absolute Gasteiger partial charge is 0.306 e. The topological polar surface area (TPSA) is 64.0 Å². The van der Waals surface area contributed by atoms with E-state index in [9.17, 15) is 9.59 Å². The molecule has 0 aliphatic rings. The van der Waals surface area contributed by atoms with Crippen LogP contribution in [0.25, 0.3) is 16.8 Å². The van der Waals surface area contributed by atoms with Gasteiger partial charge in [0.15, 0.2) is 0 Å². The molecule has 1 N–H and O–H groups in total. The predicted molar refractivity (Wildman–Crippen MR) is 119 cm³/mol. The van der Waals surface area contributed by atoms with Crippen LogP contribution >= 0.6 is 0 Å². The minimum absolute atomic E-state index is 0.215. The molecule has 0 radical (unpaired) electrons. The van der Waals surface area contributed by atoms with Crippen LogP contribution < -0.4 is 10.7 Å². The molecular weight excluding hydrogens is 374 g/mol. The molecule has 0 aliphatic heterocycles. The van der Waals surface area contributed by atoms with Gasteiger partial charge in [-0.25, -0.2) is 4.68 Å². The summed E-state index contributed by atoms with van der Waals surface area (Å²) >= 11 is 0. The van der Waals surface area contributed by atoms with Crippen molar-refractivity contribution in [2.75, 3.05) is 5.32 Å². The Bertz CT molecular complexity index is 1250. The molecule has 3 aromatic carbocycles. The highest BCUT2D eigenvalue weighted by Gasteiger charge is 2.20. The van der Waals surface area contributed by atoms with Gasteiger partial charge in [0, 0.05) is 5.56 Å². The second kappa shape index (κ2) is 8.17. The lowest BCUT2D eigenvalue weighted by Gasteiger charge is -2.18. The smallest absolute Gasteiger partial charge is 0.256 e. The van der Waals surface area contributed by atoms with Gasteiger partial charge in [-0.15, -0.1) is 0 Å². The van der Waals surface area contributed by atoms with Crippen molar-refractivity contribution in [3.8, 4) is 16.8 Å². The van der Waals surface area contributed by atoms with Gasteiger partial charge in [-0.05, 0) is 43.7 Å². The molecule has 0 fully saturated rings. The monoisotopic (exact) mass is 395 g/mol. The summed E-state index contributed by atoms with van der Waals surface area (Å²) < 4.78 is 1.62. The minimum Gasteiger partial charge on any atom is -0.306 e. The fourth-order valence-electron chi connectivity index (χ4n) is 3.27. The predicted octanol–water partition coefficient (Wildman–Crippen LogP) is 4.77. The lowest BCUT2D eigenvalue weighted by atomic mass is 10.0. The van der Waals surface area contributed by atoms with Gasteiger partial charge in [-0.2, -0.15) is 5.10 Å². The summed E-state index contributed by atoms with van der Waals surface area (Å²) in [5.74, 6) is 0.0375. The fraction of sp³-hybridized carbons (Fsp3) is 0.0800. The fourth-order valence-corrected chi connectivity index (χ4v) is 3.27. The Kier molecular flexibility index (Phi) is 5.26. The quantitative estimate of drug-likeness (QED) is 0.541. The van der Waals surface area contributed by atoms with Gasteiger partial charge >= 0.3 is 0 Å². The van der Waals surface area contributed by atoms with Gasteiger partial charge in [0.2, 0.25) is 5.43 Å². The number of aryl methyl sites for hydroxylation is 2. The van der Waals surface area contributed by atoms with Crippen molar-refractivity contribution in [3.05, 3.63) is 112 Å². The number of hydrogen-bond donors (Lipinski definition) is 1. The molecule has 0 atom stereocenters. The lowest BCUT2D eigenvalue weighted by molar-refractivity contribution is 0.102. The highest BCUT2D eigenvalue weighted by molar-refractivity contribution is 6.05. The van der Waals surface area contributed by atoms with Crippen molar-refractivity contribution in [3.63, 3.8) is 0 Å². The summed E-state index contributed by atoms with van der Waals surface area (Å²) in [4.78, 5) is 26.1. The van der Waals surface area contributed by atoms with Crippen LogP contribution in [0.2, 0.25) is 0 Å². The molecular formula is C25H21N3O2. The normalized spacial score (nSPS) is 10.6. The average Bonchev–Trinajstić information content (AvgIpc) is 2.78. The molecule has 5 nitrogen and oxygen atoms in total. The molecule has 0 aliphatic carbocycles. The van der Waals surface area contributed by atoms with E-state index in [1.54, 1.807) is 23.7 Å². The van der Waals surface area contributed by atoms with Crippen LogP contribution in [0, 0.1) is 13.8 Å². The minimum atomic E-state index is -0.304. The number of para-hydroxylation sites is 1. The molecule has 0 saturated heterocycles. The number of nitrogens with one attached hydrogen (secondary N) is 1. The number of nitrogens with zero attached hydrogens (tertiary/aromatic N) is 2.